The number of nitrogens with one attached hydrogen (secondary N) is 1. The molecule has 0 aliphatic heterocycles. The summed E-state index contributed by atoms with van der Waals surface area (Å²) in [6.45, 7) is 0. The molecule has 2 atom stereocenters. The standard InChI is InChI=1S/C6H14N2O2S/c1-8-11(9,10)6-3-2-5(7)4-6/h5-6,8H,2-4,7H2,1H3/t5-,6-/m1/s1. The molecular formula is C6H14N2O2S. The van der Waals surface area contributed by atoms with Crippen LogP contribution in [0.5, 0.6) is 0 Å². The highest BCUT2D eigenvalue weighted by atomic mass is 32.2. The molecule has 0 aromatic carbocycles. The van der Waals surface area contributed by atoms with Crippen molar-refractivity contribution in [1.82, 2.24) is 4.72 Å². The maximum atomic E-state index is 11.2. The first kappa shape index (κ1) is 8.96. The normalized spacial score (nSPS) is 32.5. The summed E-state index contributed by atoms with van der Waals surface area (Å²) in [7, 11) is -1.62. The predicted molar refractivity (Wildman–Crippen MR) is 43.6 cm³/mol. The summed E-state index contributed by atoms with van der Waals surface area (Å²) in [5.74, 6) is 0. The van der Waals surface area contributed by atoms with Crippen LogP contribution < -0.4 is 10.5 Å². The van der Waals surface area contributed by atoms with Gasteiger partial charge in [-0.15, -0.1) is 0 Å². The van der Waals surface area contributed by atoms with Crippen molar-refractivity contribution in [2.75, 3.05) is 7.05 Å². The van der Waals surface area contributed by atoms with Crippen LogP contribution >= 0.6 is 0 Å². The van der Waals surface area contributed by atoms with Crippen molar-refractivity contribution < 1.29 is 8.42 Å². The molecule has 0 bridgehead atoms. The fourth-order valence-corrected chi connectivity index (χ4v) is 2.70. The molecule has 1 aliphatic carbocycles. The van der Waals surface area contributed by atoms with Crippen LogP contribution in [0.15, 0.2) is 0 Å². The molecule has 4 nitrogen and oxygen atoms in total. The highest BCUT2D eigenvalue weighted by Gasteiger charge is 2.31. The third kappa shape index (κ3) is 1.91. The Kier molecular flexibility index (Phi) is 2.51. The number of hydrogen-bond acceptors (Lipinski definition) is 3. The van der Waals surface area contributed by atoms with E-state index in [4.69, 9.17) is 5.73 Å². The van der Waals surface area contributed by atoms with Gasteiger partial charge in [-0.25, -0.2) is 13.1 Å². The Bertz CT molecular complexity index is 225. The predicted octanol–water partition coefficient (Wildman–Crippen LogP) is -0.585. The van der Waals surface area contributed by atoms with Gasteiger partial charge in [-0.3, -0.25) is 0 Å². The summed E-state index contributed by atoms with van der Waals surface area (Å²) in [6.07, 6.45) is 2.12. The average molecular weight is 178 g/mol. The lowest BCUT2D eigenvalue weighted by atomic mass is 10.3. The molecule has 0 spiro atoms. The minimum absolute atomic E-state index is 0.0723. The van der Waals surface area contributed by atoms with Crippen molar-refractivity contribution in [3.63, 3.8) is 0 Å². The molecule has 11 heavy (non-hydrogen) atoms. The first-order valence-electron chi connectivity index (χ1n) is 3.74. The SMILES string of the molecule is CNS(=O)(=O)[C@@H]1CC[C@@H](N)C1. The van der Waals surface area contributed by atoms with E-state index in [1.54, 1.807) is 0 Å². The second-order valence-corrected chi connectivity index (χ2v) is 5.11. The molecule has 0 aromatic rings. The van der Waals surface area contributed by atoms with Gasteiger partial charge in [0.1, 0.15) is 0 Å². The maximum absolute atomic E-state index is 11.2. The van der Waals surface area contributed by atoms with Gasteiger partial charge in [0, 0.05) is 6.04 Å². The molecule has 0 heterocycles. The van der Waals surface area contributed by atoms with Crippen LogP contribution in [0.1, 0.15) is 19.3 Å². The molecule has 1 saturated carbocycles. The van der Waals surface area contributed by atoms with Crippen LogP contribution in [0.2, 0.25) is 0 Å². The van der Waals surface area contributed by atoms with Gasteiger partial charge < -0.3 is 5.73 Å². The zero-order valence-corrected chi connectivity index (χ0v) is 7.39. The monoisotopic (exact) mass is 178 g/mol. The van der Waals surface area contributed by atoms with Gasteiger partial charge in [0.2, 0.25) is 10.0 Å². The van der Waals surface area contributed by atoms with Crippen LogP contribution in [-0.2, 0) is 10.0 Å². The van der Waals surface area contributed by atoms with E-state index in [2.05, 4.69) is 4.72 Å². The van der Waals surface area contributed by atoms with Crippen molar-refractivity contribution >= 4 is 10.0 Å². The summed E-state index contributed by atoms with van der Waals surface area (Å²) in [6, 6.07) is 0.0723. The second-order valence-electron chi connectivity index (χ2n) is 2.94. The number of sulfonamides is 1. The number of rotatable bonds is 2. The fourth-order valence-electron chi connectivity index (χ4n) is 1.42. The molecule has 0 amide bonds. The molecule has 1 rings (SSSR count). The largest absolute Gasteiger partial charge is 0.328 e. The molecular weight excluding hydrogens is 164 g/mol. The van der Waals surface area contributed by atoms with Crippen LogP contribution in [0.3, 0.4) is 0 Å². The lowest BCUT2D eigenvalue weighted by molar-refractivity contribution is 0.569. The van der Waals surface area contributed by atoms with E-state index in [0.717, 1.165) is 6.42 Å². The molecule has 1 fully saturated rings. The molecule has 0 saturated heterocycles. The van der Waals surface area contributed by atoms with Gasteiger partial charge >= 0.3 is 0 Å². The van der Waals surface area contributed by atoms with Crippen molar-refractivity contribution in [2.45, 2.75) is 30.6 Å². The van der Waals surface area contributed by atoms with Crippen molar-refractivity contribution in [2.24, 2.45) is 5.73 Å². The zero-order chi connectivity index (χ0) is 8.48. The summed E-state index contributed by atoms with van der Waals surface area (Å²) < 4.78 is 24.7. The Morgan fingerprint density at radius 2 is 2.09 bits per heavy atom. The summed E-state index contributed by atoms with van der Waals surface area (Å²) in [5.41, 5.74) is 5.58. The Labute approximate surface area is 67.2 Å². The minimum Gasteiger partial charge on any atom is -0.328 e. The van der Waals surface area contributed by atoms with E-state index in [1.165, 1.54) is 7.05 Å². The molecule has 0 radical (unpaired) electrons. The average Bonchev–Trinajstić information content (AvgIpc) is 2.36. The van der Waals surface area contributed by atoms with E-state index < -0.39 is 10.0 Å². The molecule has 3 N–H and O–H groups in total. The molecule has 1 aliphatic rings. The smallest absolute Gasteiger partial charge is 0.214 e. The van der Waals surface area contributed by atoms with Crippen LogP contribution in [-0.4, -0.2) is 26.8 Å². The number of nitrogens with two attached hydrogens (primary N) is 1. The lowest BCUT2D eigenvalue weighted by Crippen LogP contribution is -2.31. The first-order valence-corrected chi connectivity index (χ1v) is 5.29. The van der Waals surface area contributed by atoms with Gasteiger partial charge in [0.05, 0.1) is 5.25 Å². The van der Waals surface area contributed by atoms with E-state index in [9.17, 15) is 8.42 Å². The van der Waals surface area contributed by atoms with Gasteiger partial charge in [0.15, 0.2) is 0 Å². The molecule has 66 valence electrons. The minimum atomic E-state index is -3.06. The molecule has 0 aromatic heterocycles. The van der Waals surface area contributed by atoms with Crippen LogP contribution in [0.25, 0.3) is 0 Å². The summed E-state index contributed by atoms with van der Waals surface area (Å²) >= 11 is 0. The number of hydrogen-bond donors (Lipinski definition) is 2. The fraction of sp³-hybridized carbons (Fsp3) is 1.00. The van der Waals surface area contributed by atoms with E-state index in [0.29, 0.717) is 12.8 Å². The van der Waals surface area contributed by atoms with Gasteiger partial charge in [0.25, 0.3) is 0 Å². The Balaban J connectivity index is 2.64. The highest BCUT2D eigenvalue weighted by molar-refractivity contribution is 7.90. The Hall–Kier alpha value is -0.130. The molecule has 0 unspecified atom stereocenters. The summed E-state index contributed by atoms with van der Waals surface area (Å²) in [5, 5.41) is -0.262. The molecule has 5 heteroatoms. The summed E-state index contributed by atoms with van der Waals surface area (Å²) in [4.78, 5) is 0. The highest BCUT2D eigenvalue weighted by Crippen LogP contribution is 2.22. The van der Waals surface area contributed by atoms with Crippen LogP contribution in [0.4, 0.5) is 0 Å². The zero-order valence-electron chi connectivity index (χ0n) is 6.58. The van der Waals surface area contributed by atoms with Gasteiger partial charge in [-0.1, -0.05) is 0 Å². The Morgan fingerprint density at radius 3 is 2.45 bits per heavy atom. The van der Waals surface area contributed by atoms with Gasteiger partial charge in [-0.05, 0) is 26.3 Å². The van der Waals surface area contributed by atoms with Gasteiger partial charge in [-0.2, -0.15) is 0 Å². The van der Waals surface area contributed by atoms with Crippen molar-refractivity contribution in [3.8, 4) is 0 Å². The van der Waals surface area contributed by atoms with Crippen LogP contribution in [0, 0.1) is 0 Å². The van der Waals surface area contributed by atoms with E-state index >= 15 is 0 Å². The van der Waals surface area contributed by atoms with Crippen molar-refractivity contribution in [3.05, 3.63) is 0 Å². The van der Waals surface area contributed by atoms with E-state index in [-0.39, 0.29) is 11.3 Å². The maximum Gasteiger partial charge on any atom is 0.214 e. The second kappa shape index (κ2) is 3.08. The van der Waals surface area contributed by atoms with E-state index in [1.807, 2.05) is 0 Å². The Morgan fingerprint density at radius 1 is 1.45 bits per heavy atom. The first-order chi connectivity index (χ1) is 5.06. The van der Waals surface area contributed by atoms with Crippen molar-refractivity contribution in [1.29, 1.82) is 0 Å². The topological polar surface area (TPSA) is 72.2 Å². The third-order valence-electron chi connectivity index (χ3n) is 2.15. The lowest BCUT2D eigenvalue weighted by Gasteiger charge is -2.08. The quantitative estimate of drug-likeness (QED) is 0.594. The third-order valence-corrected chi connectivity index (χ3v) is 4.02.